The van der Waals surface area contributed by atoms with Gasteiger partial charge < -0.3 is 14.2 Å². The van der Waals surface area contributed by atoms with E-state index >= 15 is 0 Å². The third-order valence-corrected chi connectivity index (χ3v) is 4.96. The molecule has 3 rings (SSSR count). The first-order valence-electron chi connectivity index (χ1n) is 9.93. The molecule has 0 atom stereocenters. The molecule has 1 N–H and O–H groups in total. The molecule has 0 radical (unpaired) electrons. The van der Waals surface area contributed by atoms with Crippen LogP contribution >= 0.6 is 11.3 Å². The Bertz CT molecular complexity index is 1060. The van der Waals surface area contributed by atoms with Gasteiger partial charge in [0, 0.05) is 16.5 Å². The van der Waals surface area contributed by atoms with Crippen LogP contribution in [0.25, 0.3) is 11.3 Å². The topological polar surface area (TPSA) is 93.5 Å². The van der Waals surface area contributed by atoms with Crippen molar-refractivity contribution in [2.24, 2.45) is 0 Å². The molecule has 0 aliphatic carbocycles. The summed E-state index contributed by atoms with van der Waals surface area (Å²) >= 11 is 1.32. The zero-order chi connectivity index (χ0) is 22.2. The lowest BCUT2D eigenvalue weighted by Gasteiger charge is -2.16. The first-order valence-corrected chi connectivity index (χ1v) is 10.8. The van der Waals surface area contributed by atoms with Crippen molar-refractivity contribution in [3.8, 4) is 34.6 Å². The predicted molar refractivity (Wildman–Crippen MR) is 120 cm³/mol. The third-order valence-electron chi connectivity index (χ3n) is 4.21. The molecule has 160 valence electrons. The lowest BCUT2D eigenvalue weighted by atomic mass is 10.1. The van der Waals surface area contributed by atoms with E-state index in [4.69, 9.17) is 19.5 Å². The fourth-order valence-corrected chi connectivity index (χ4v) is 3.58. The van der Waals surface area contributed by atoms with Crippen LogP contribution < -0.4 is 19.5 Å². The zero-order valence-electron chi connectivity index (χ0n) is 17.6. The zero-order valence-corrected chi connectivity index (χ0v) is 18.4. The summed E-state index contributed by atoms with van der Waals surface area (Å²) in [5.74, 6) is 1.07. The maximum absolute atomic E-state index is 12.9. The summed E-state index contributed by atoms with van der Waals surface area (Å²) in [4.78, 5) is 17.4. The smallest absolute Gasteiger partial charge is 0.257 e. The highest BCUT2D eigenvalue weighted by atomic mass is 32.1. The summed E-state index contributed by atoms with van der Waals surface area (Å²) in [6.07, 6.45) is 0. The van der Waals surface area contributed by atoms with Crippen molar-refractivity contribution >= 4 is 22.4 Å². The van der Waals surface area contributed by atoms with Crippen LogP contribution in [0.4, 0.5) is 5.13 Å². The fraction of sp³-hybridized carbons (Fsp3) is 0.261. The molecule has 7 nitrogen and oxygen atoms in total. The highest BCUT2D eigenvalue weighted by Gasteiger charge is 2.19. The van der Waals surface area contributed by atoms with Crippen molar-refractivity contribution in [1.29, 1.82) is 5.26 Å². The Morgan fingerprint density at radius 3 is 2.19 bits per heavy atom. The van der Waals surface area contributed by atoms with E-state index in [-0.39, 0.29) is 5.91 Å². The van der Waals surface area contributed by atoms with Gasteiger partial charge >= 0.3 is 0 Å². The first kappa shape index (κ1) is 22.1. The van der Waals surface area contributed by atoms with Crippen molar-refractivity contribution in [2.75, 3.05) is 25.1 Å². The van der Waals surface area contributed by atoms with Crippen molar-refractivity contribution in [3.05, 3.63) is 52.9 Å². The van der Waals surface area contributed by atoms with E-state index in [1.807, 2.05) is 38.3 Å². The second-order valence-corrected chi connectivity index (χ2v) is 7.14. The van der Waals surface area contributed by atoms with Gasteiger partial charge in [0.2, 0.25) is 5.75 Å². The maximum atomic E-state index is 12.9. The molecular weight excluding hydrogens is 414 g/mol. The van der Waals surface area contributed by atoms with E-state index in [2.05, 4.69) is 16.4 Å². The highest BCUT2D eigenvalue weighted by Crippen LogP contribution is 2.39. The van der Waals surface area contributed by atoms with Crippen LogP contribution in [0, 0.1) is 11.3 Å². The summed E-state index contributed by atoms with van der Waals surface area (Å²) in [6, 6.07) is 12.5. The van der Waals surface area contributed by atoms with E-state index in [1.165, 1.54) is 11.3 Å². The molecule has 2 aromatic carbocycles. The van der Waals surface area contributed by atoms with E-state index in [9.17, 15) is 4.79 Å². The van der Waals surface area contributed by atoms with E-state index in [1.54, 1.807) is 24.3 Å². The average Bonchev–Trinajstić information content (AvgIpc) is 3.24. The Labute approximate surface area is 185 Å². The van der Waals surface area contributed by atoms with Gasteiger partial charge in [-0.3, -0.25) is 10.1 Å². The monoisotopic (exact) mass is 437 g/mol. The number of benzene rings is 2. The maximum Gasteiger partial charge on any atom is 0.257 e. The van der Waals surface area contributed by atoms with Gasteiger partial charge in [0.15, 0.2) is 16.6 Å². The average molecular weight is 438 g/mol. The van der Waals surface area contributed by atoms with Gasteiger partial charge in [-0.15, -0.1) is 11.3 Å². The largest absolute Gasteiger partial charge is 0.490 e. The van der Waals surface area contributed by atoms with Gasteiger partial charge in [0.05, 0.1) is 37.1 Å². The number of rotatable bonds is 9. The number of amides is 1. The molecule has 1 aromatic heterocycles. The molecule has 1 amide bonds. The molecule has 0 bridgehead atoms. The van der Waals surface area contributed by atoms with Crippen LogP contribution in [-0.2, 0) is 0 Å². The second-order valence-electron chi connectivity index (χ2n) is 6.28. The molecule has 31 heavy (non-hydrogen) atoms. The van der Waals surface area contributed by atoms with Crippen LogP contribution in [0.5, 0.6) is 17.2 Å². The molecule has 1 heterocycles. The van der Waals surface area contributed by atoms with Crippen LogP contribution in [0.3, 0.4) is 0 Å². The number of ether oxygens (including phenoxy) is 3. The summed E-state index contributed by atoms with van der Waals surface area (Å²) < 4.78 is 17.0. The summed E-state index contributed by atoms with van der Waals surface area (Å²) in [5, 5.41) is 14.1. The molecule has 8 heteroatoms. The normalized spacial score (nSPS) is 10.3. The van der Waals surface area contributed by atoms with Gasteiger partial charge in [-0.25, -0.2) is 4.98 Å². The summed E-state index contributed by atoms with van der Waals surface area (Å²) in [7, 11) is 0. The second kappa shape index (κ2) is 10.5. The summed E-state index contributed by atoms with van der Waals surface area (Å²) in [5.41, 5.74) is 2.55. The van der Waals surface area contributed by atoms with Crippen molar-refractivity contribution in [1.82, 2.24) is 4.98 Å². The number of anilines is 1. The molecule has 0 saturated heterocycles. The number of aromatic nitrogens is 1. The number of hydrogen-bond donors (Lipinski definition) is 1. The minimum atomic E-state index is -0.328. The molecule has 0 saturated carbocycles. The van der Waals surface area contributed by atoms with Gasteiger partial charge in [0.25, 0.3) is 5.91 Å². The standard InChI is InChI=1S/C23H23N3O4S/c1-4-28-19-11-17(12-20(29-5-2)21(19)30-6-3)22(27)26-23-25-18(14-31-23)16-9-7-15(13-24)8-10-16/h7-12,14H,4-6H2,1-3H3,(H,25,26,27). The Hall–Kier alpha value is -3.57. The number of nitrogens with one attached hydrogen (secondary N) is 1. The van der Waals surface area contributed by atoms with E-state index in [0.29, 0.717) is 53.3 Å². The van der Waals surface area contributed by atoms with Gasteiger partial charge in [-0.2, -0.15) is 5.26 Å². The molecule has 0 aliphatic rings. The Morgan fingerprint density at radius 2 is 1.65 bits per heavy atom. The first-order chi connectivity index (χ1) is 15.1. The molecule has 0 aliphatic heterocycles. The van der Waals surface area contributed by atoms with Crippen LogP contribution in [0.2, 0.25) is 0 Å². The Morgan fingerprint density at radius 1 is 1.03 bits per heavy atom. The predicted octanol–water partition coefficient (Wildman–Crippen LogP) is 5.13. The number of nitriles is 1. The fourth-order valence-electron chi connectivity index (χ4n) is 2.87. The molecule has 0 spiro atoms. The minimum Gasteiger partial charge on any atom is -0.490 e. The van der Waals surface area contributed by atoms with Crippen molar-refractivity contribution in [3.63, 3.8) is 0 Å². The van der Waals surface area contributed by atoms with Crippen LogP contribution in [0.15, 0.2) is 41.8 Å². The quantitative estimate of drug-likeness (QED) is 0.499. The van der Waals surface area contributed by atoms with Crippen LogP contribution in [0.1, 0.15) is 36.7 Å². The minimum absolute atomic E-state index is 0.328. The molecule has 0 fully saturated rings. The Balaban J connectivity index is 1.84. The van der Waals surface area contributed by atoms with Gasteiger partial charge in [0.1, 0.15) is 0 Å². The van der Waals surface area contributed by atoms with E-state index in [0.717, 1.165) is 11.3 Å². The number of nitrogens with zero attached hydrogens (tertiary/aromatic N) is 2. The number of carbonyl (C=O) groups excluding carboxylic acids is 1. The Kier molecular flexibility index (Phi) is 7.46. The van der Waals surface area contributed by atoms with E-state index < -0.39 is 0 Å². The van der Waals surface area contributed by atoms with Gasteiger partial charge in [-0.05, 0) is 45.0 Å². The number of thiazole rings is 1. The van der Waals surface area contributed by atoms with Crippen molar-refractivity contribution < 1.29 is 19.0 Å². The molecule has 3 aromatic rings. The SMILES string of the molecule is CCOc1cc(C(=O)Nc2nc(-c3ccc(C#N)cc3)cs2)cc(OCC)c1OCC. The number of carbonyl (C=O) groups is 1. The summed E-state index contributed by atoms with van der Waals surface area (Å²) in [6.45, 7) is 6.91. The van der Waals surface area contributed by atoms with Gasteiger partial charge in [-0.1, -0.05) is 12.1 Å². The highest BCUT2D eigenvalue weighted by molar-refractivity contribution is 7.14. The number of hydrogen-bond acceptors (Lipinski definition) is 7. The van der Waals surface area contributed by atoms with Crippen molar-refractivity contribution in [2.45, 2.75) is 20.8 Å². The van der Waals surface area contributed by atoms with Crippen LogP contribution in [-0.4, -0.2) is 30.7 Å². The molecular formula is C23H23N3O4S. The lowest BCUT2D eigenvalue weighted by Crippen LogP contribution is -2.13. The third kappa shape index (κ3) is 5.32. The molecule has 0 unspecified atom stereocenters. The lowest BCUT2D eigenvalue weighted by molar-refractivity contribution is 0.102.